The van der Waals surface area contributed by atoms with Gasteiger partial charge in [-0.15, -0.1) is 0 Å². The summed E-state index contributed by atoms with van der Waals surface area (Å²) in [4.78, 5) is 17.6. The summed E-state index contributed by atoms with van der Waals surface area (Å²) in [7, 11) is 0. The van der Waals surface area contributed by atoms with Crippen molar-refractivity contribution in [2.45, 2.75) is 20.8 Å². The number of hydrogen-bond acceptors (Lipinski definition) is 3. The van der Waals surface area contributed by atoms with Crippen molar-refractivity contribution in [2.75, 3.05) is 31.1 Å². The van der Waals surface area contributed by atoms with Crippen molar-refractivity contribution in [3.05, 3.63) is 77.0 Å². The fourth-order valence-corrected chi connectivity index (χ4v) is 4.53. The molecule has 4 nitrogen and oxygen atoms in total. The van der Waals surface area contributed by atoms with Crippen LogP contribution in [-0.4, -0.2) is 37.0 Å². The van der Waals surface area contributed by atoms with Gasteiger partial charge >= 0.3 is 0 Å². The molecule has 0 radical (unpaired) electrons. The van der Waals surface area contributed by atoms with Gasteiger partial charge < -0.3 is 14.2 Å². The minimum atomic E-state index is -0.00612. The summed E-state index contributed by atoms with van der Waals surface area (Å²) in [5, 5.41) is 3.20. The van der Waals surface area contributed by atoms with Crippen LogP contribution in [-0.2, 0) is 0 Å². The molecule has 1 aromatic heterocycles. The molecule has 30 heavy (non-hydrogen) atoms. The number of nitrogens with zero attached hydrogens (tertiary/aromatic N) is 2. The van der Waals surface area contributed by atoms with Crippen LogP contribution in [0.4, 0.5) is 5.69 Å². The summed E-state index contributed by atoms with van der Waals surface area (Å²) in [6.07, 6.45) is 0. The van der Waals surface area contributed by atoms with Crippen molar-refractivity contribution < 1.29 is 9.21 Å². The van der Waals surface area contributed by atoms with Crippen LogP contribution in [0.1, 0.15) is 27.2 Å². The summed E-state index contributed by atoms with van der Waals surface area (Å²) in [6.45, 7) is 9.36. The number of anilines is 1. The first kappa shape index (κ1) is 18.7. The van der Waals surface area contributed by atoms with Gasteiger partial charge in [0.15, 0.2) is 5.76 Å². The lowest BCUT2D eigenvalue weighted by molar-refractivity contribution is 0.0716. The van der Waals surface area contributed by atoms with Crippen molar-refractivity contribution in [1.29, 1.82) is 0 Å². The molecule has 1 saturated heterocycles. The molecule has 5 rings (SSSR count). The SMILES string of the molecule is Cc1cccc(N2CCN(C(=O)c3oc4c(ccc5ccccc54)c3C)CC2)c1C. The van der Waals surface area contributed by atoms with Crippen LogP contribution in [0.5, 0.6) is 0 Å². The first-order valence-electron chi connectivity index (χ1n) is 10.6. The van der Waals surface area contributed by atoms with E-state index >= 15 is 0 Å². The number of benzene rings is 3. The third kappa shape index (κ3) is 2.95. The van der Waals surface area contributed by atoms with Crippen LogP contribution in [0.2, 0.25) is 0 Å². The van der Waals surface area contributed by atoms with Crippen LogP contribution in [0, 0.1) is 20.8 Å². The zero-order valence-corrected chi connectivity index (χ0v) is 17.7. The molecule has 1 fully saturated rings. The molecule has 4 aromatic rings. The molecular weight excluding hydrogens is 372 g/mol. The fourth-order valence-electron chi connectivity index (χ4n) is 4.53. The lowest BCUT2D eigenvalue weighted by atomic mass is 10.1. The van der Waals surface area contributed by atoms with Gasteiger partial charge in [-0.1, -0.05) is 48.5 Å². The lowest BCUT2D eigenvalue weighted by Crippen LogP contribution is -2.49. The highest BCUT2D eigenvalue weighted by molar-refractivity contribution is 6.08. The second-order valence-electron chi connectivity index (χ2n) is 8.22. The molecule has 0 N–H and O–H groups in total. The van der Waals surface area contributed by atoms with Gasteiger partial charge in [0, 0.05) is 48.2 Å². The number of carbonyl (C=O) groups is 1. The Balaban J connectivity index is 1.41. The van der Waals surface area contributed by atoms with Crippen molar-refractivity contribution in [1.82, 2.24) is 4.90 Å². The highest BCUT2D eigenvalue weighted by Crippen LogP contribution is 2.32. The number of aryl methyl sites for hydroxylation is 2. The zero-order valence-electron chi connectivity index (χ0n) is 17.7. The first-order chi connectivity index (χ1) is 14.5. The Morgan fingerprint density at radius 3 is 2.37 bits per heavy atom. The third-order valence-corrected chi connectivity index (χ3v) is 6.51. The van der Waals surface area contributed by atoms with Gasteiger partial charge in [0.1, 0.15) is 5.58 Å². The highest BCUT2D eigenvalue weighted by atomic mass is 16.3. The van der Waals surface area contributed by atoms with Crippen LogP contribution in [0.3, 0.4) is 0 Å². The largest absolute Gasteiger partial charge is 0.450 e. The Morgan fingerprint density at radius 1 is 0.800 bits per heavy atom. The maximum Gasteiger partial charge on any atom is 0.290 e. The molecule has 4 heteroatoms. The van der Waals surface area contributed by atoms with Gasteiger partial charge in [-0.2, -0.15) is 0 Å². The van der Waals surface area contributed by atoms with E-state index in [-0.39, 0.29) is 5.91 Å². The minimum absolute atomic E-state index is 0.00612. The smallest absolute Gasteiger partial charge is 0.290 e. The van der Waals surface area contributed by atoms with E-state index in [4.69, 9.17) is 4.42 Å². The molecule has 1 amide bonds. The summed E-state index contributed by atoms with van der Waals surface area (Å²) in [5.74, 6) is 0.468. The molecule has 3 aromatic carbocycles. The van der Waals surface area contributed by atoms with Crippen LogP contribution in [0.15, 0.2) is 59.0 Å². The Hall–Kier alpha value is -3.27. The van der Waals surface area contributed by atoms with Crippen LogP contribution < -0.4 is 4.90 Å². The summed E-state index contributed by atoms with van der Waals surface area (Å²) < 4.78 is 6.17. The number of piperazine rings is 1. The third-order valence-electron chi connectivity index (χ3n) is 6.51. The number of hydrogen-bond donors (Lipinski definition) is 0. The van der Waals surface area contributed by atoms with Crippen molar-refractivity contribution in [3.8, 4) is 0 Å². The van der Waals surface area contributed by atoms with Crippen molar-refractivity contribution >= 4 is 33.3 Å². The predicted octanol–water partition coefficient (Wildman–Crippen LogP) is 5.47. The molecule has 0 saturated carbocycles. The van der Waals surface area contributed by atoms with E-state index in [0.29, 0.717) is 18.8 Å². The number of fused-ring (bicyclic) bond motifs is 3. The molecule has 152 valence electrons. The Morgan fingerprint density at radius 2 is 1.57 bits per heavy atom. The number of amides is 1. The summed E-state index contributed by atoms with van der Waals surface area (Å²) in [5.41, 5.74) is 5.63. The fraction of sp³-hybridized carbons (Fsp3) is 0.269. The quantitative estimate of drug-likeness (QED) is 0.449. The maximum absolute atomic E-state index is 13.3. The van der Waals surface area contributed by atoms with Crippen molar-refractivity contribution in [2.24, 2.45) is 0 Å². The Bertz CT molecular complexity index is 1260. The number of furan rings is 1. The van der Waals surface area contributed by atoms with Gasteiger partial charge in [0.25, 0.3) is 5.91 Å². The van der Waals surface area contributed by atoms with E-state index in [1.54, 1.807) is 0 Å². The maximum atomic E-state index is 13.3. The van der Waals surface area contributed by atoms with Gasteiger partial charge in [-0.05, 0) is 43.4 Å². The minimum Gasteiger partial charge on any atom is -0.450 e. The molecule has 0 bridgehead atoms. The first-order valence-corrected chi connectivity index (χ1v) is 10.6. The topological polar surface area (TPSA) is 36.7 Å². The molecule has 0 atom stereocenters. The molecule has 0 spiro atoms. The standard InChI is InChI=1S/C26H26N2O2/c1-17-7-6-10-23(18(17)2)27-13-15-28(16-14-27)26(29)24-19(3)21-12-11-20-8-4-5-9-22(20)25(21)30-24/h4-12H,13-16H2,1-3H3. The van der Waals surface area contributed by atoms with Gasteiger partial charge in [-0.3, -0.25) is 4.79 Å². The monoisotopic (exact) mass is 398 g/mol. The molecule has 1 aliphatic rings. The number of rotatable bonds is 2. The van der Waals surface area contributed by atoms with E-state index in [9.17, 15) is 4.79 Å². The summed E-state index contributed by atoms with van der Waals surface area (Å²) >= 11 is 0. The predicted molar refractivity (Wildman–Crippen MR) is 122 cm³/mol. The van der Waals surface area contributed by atoms with Crippen LogP contribution >= 0.6 is 0 Å². The second kappa shape index (κ2) is 7.21. The van der Waals surface area contributed by atoms with E-state index in [1.165, 1.54) is 16.8 Å². The average Bonchev–Trinajstić information content (AvgIpc) is 3.12. The van der Waals surface area contributed by atoms with E-state index in [1.807, 2.05) is 24.0 Å². The highest BCUT2D eigenvalue weighted by Gasteiger charge is 2.27. The van der Waals surface area contributed by atoms with E-state index in [0.717, 1.165) is 40.4 Å². The zero-order chi connectivity index (χ0) is 20.8. The van der Waals surface area contributed by atoms with Gasteiger partial charge in [0.2, 0.25) is 0 Å². The molecule has 0 aliphatic carbocycles. The Kier molecular flexibility index (Phi) is 4.50. The average molecular weight is 399 g/mol. The number of carbonyl (C=O) groups excluding carboxylic acids is 1. The normalized spacial score (nSPS) is 14.6. The molecule has 2 heterocycles. The van der Waals surface area contributed by atoms with Crippen molar-refractivity contribution in [3.63, 3.8) is 0 Å². The van der Waals surface area contributed by atoms with E-state index in [2.05, 4.69) is 61.2 Å². The molecule has 0 unspecified atom stereocenters. The van der Waals surface area contributed by atoms with Gasteiger partial charge in [0.05, 0.1) is 0 Å². The molecule has 1 aliphatic heterocycles. The second-order valence-corrected chi connectivity index (χ2v) is 8.22. The lowest BCUT2D eigenvalue weighted by Gasteiger charge is -2.36. The Labute approximate surface area is 176 Å². The van der Waals surface area contributed by atoms with Gasteiger partial charge in [-0.25, -0.2) is 0 Å². The van der Waals surface area contributed by atoms with Crippen LogP contribution in [0.25, 0.3) is 21.7 Å². The summed E-state index contributed by atoms with van der Waals surface area (Å²) in [6, 6.07) is 18.7. The van der Waals surface area contributed by atoms with E-state index < -0.39 is 0 Å². The molecular formula is C26H26N2O2.